The van der Waals surface area contributed by atoms with Crippen molar-refractivity contribution >= 4 is 88.1 Å². The van der Waals surface area contributed by atoms with Crippen molar-refractivity contribution in [3.05, 3.63) is 81.8 Å². The number of carboxylic acids is 2. The maximum absolute atomic E-state index is 15.0. The molecule has 0 spiro atoms. The van der Waals surface area contributed by atoms with Gasteiger partial charge in [0.25, 0.3) is 11.8 Å². The summed E-state index contributed by atoms with van der Waals surface area (Å²) in [6.45, 7) is 26.0. The lowest BCUT2D eigenvalue weighted by molar-refractivity contribution is -0.942. The average Bonchev–Trinajstić information content (AvgIpc) is 0.972. The van der Waals surface area contributed by atoms with Crippen molar-refractivity contribution < 1.29 is 134 Å². The van der Waals surface area contributed by atoms with Crippen molar-refractivity contribution in [3.63, 3.8) is 0 Å². The summed E-state index contributed by atoms with van der Waals surface area (Å²) in [6, 6.07) is 8.39. The van der Waals surface area contributed by atoms with E-state index in [0.29, 0.717) is 182 Å². The number of quaternary nitrogens is 1. The minimum Gasteiger partial charge on any atom is -0.481 e. The van der Waals surface area contributed by atoms with E-state index in [4.69, 9.17) is 67.3 Å². The number of hydrogen-bond donors (Lipinski definition) is 11. The smallest absolute Gasteiger partial charge is 0.306 e. The van der Waals surface area contributed by atoms with Crippen LogP contribution in [0.1, 0.15) is 179 Å². The van der Waals surface area contributed by atoms with Crippen LogP contribution in [-0.4, -0.2) is 337 Å². The van der Waals surface area contributed by atoms with Gasteiger partial charge in [0.2, 0.25) is 41.4 Å². The Morgan fingerprint density at radius 3 is 1.56 bits per heavy atom. The van der Waals surface area contributed by atoms with Crippen LogP contribution < -0.4 is 48.3 Å². The zero-order chi connectivity index (χ0) is 97.7. The maximum Gasteiger partial charge on any atom is 0.306 e. The van der Waals surface area contributed by atoms with Crippen LogP contribution in [0.3, 0.4) is 0 Å². The monoisotopic (exact) mass is 1900 g/mol. The molecule has 1 fully saturated rings. The highest BCUT2D eigenvalue weighted by Gasteiger charge is 2.44. The van der Waals surface area contributed by atoms with Crippen molar-refractivity contribution in [2.75, 3.05) is 198 Å². The number of amides is 9. The summed E-state index contributed by atoms with van der Waals surface area (Å²) in [5.74, 6) is -9.79. The van der Waals surface area contributed by atoms with Gasteiger partial charge in [-0.05, 0) is 86.8 Å². The zero-order valence-electron chi connectivity index (χ0n) is 80.2. The number of esters is 1. The number of unbranched alkanes of at least 4 members (excludes halogenated alkanes) is 1. The molecule has 752 valence electrons. The van der Waals surface area contributed by atoms with Crippen molar-refractivity contribution in [3.8, 4) is 0 Å². The molecule has 1 aliphatic rings. The molecule has 9 amide bonds. The topological polar surface area (TPSA) is 504 Å². The van der Waals surface area contributed by atoms with Crippen LogP contribution in [0.15, 0.2) is 60.0 Å². The SMILES string of the molecule is CCC(=O)N[C@@H](CN)C(=O)N[C@@H](CCCCNC(=O)CCOCCOCCOCCOCCOCCOCCOCCOCCOCCOCCOCCOC)C(=O)N[C@H](C(=O)N[C@@H](CCC(=O)O)C(=O)Nc1ccc(C[N+]2(C)CCCC[C@@H]2C(=O)N[C@H](C(=O)N(C)[C@H](C[C@@H](OC(C)=O)c2nc(C(=O)N[C@@H](Cc3ccccc3)C[C@H](C)C(=O)O)cs2)C(C)C)[C@@H](C)CC)cc1)C(C)C. The molecule has 1 unspecified atom stereocenters. The van der Waals surface area contributed by atoms with E-state index in [-0.39, 0.29) is 118 Å². The van der Waals surface area contributed by atoms with E-state index in [1.165, 1.54) is 6.92 Å². The molecular formula is C93H153N12O27S+. The number of methoxy groups -OCH3 is 1. The summed E-state index contributed by atoms with van der Waals surface area (Å²) in [5, 5.41) is 43.8. The molecule has 4 rings (SSSR count). The highest BCUT2D eigenvalue weighted by atomic mass is 32.1. The summed E-state index contributed by atoms with van der Waals surface area (Å²) < 4.78 is 71.6. The minimum absolute atomic E-state index is 0.0136. The van der Waals surface area contributed by atoms with Crippen molar-refractivity contribution in [1.82, 2.24) is 47.1 Å². The average molecular weight is 1900 g/mol. The van der Waals surface area contributed by atoms with Gasteiger partial charge in [0.1, 0.15) is 47.5 Å². The summed E-state index contributed by atoms with van der Waals surface area (Å²) in [6.07, 6.45) is 2.20. The van der Waals surface area contributed by atoms with E-state index >= 15 is 4.79 Å². The number of hydrogen-bond acceptors (Lipinski definition) is 28. The zero-order valence-corrected chi connectivity index (χ0v) is 81.0. The van der Waals surface area contributed by atoms with Gasteiger partial charge in [0, 0.05) is 95.0 Å². The Morgan fingerprint density at radius 2 is 1.08 bits per heavy atom. The number of carboxylic acid groups (broad SMARTS) is 2. The first-order chi connectivity index (χ1) is 63.8. The standard InChI is InChI=1S/C93H152N12O27S/c1-13-66(7)84(92(117)104(10)77(64(3)4)60-79(132-68(9)106)91-101-76(63-133-91)88(114)97-72(58-67(8)93(118)119)59-69-22-16-15-17-23-69)103-89(115)78-25-19-21-34-105(78,11)62-70-26-28-71(29-27-70)96-85(111)74(30-31-82(109)110)100-90(116)83(65(5)6)102-86(112)73(99-87(113)75(61-94)98-80(107)14-2)24-18-20-33-95-81(108)32-35-121-38-39-123-42-43-125-46-47-127-50-51-129-54-55-131-57-56-130-53-52-128-49-48-126-45-44-124-41-40-122-37-36-120-12/h15-17,22-23,26-29,63-67,72-75,77-79,83-84H,13-14,18-21,24-25,30-62,94H2,1-12H3,(H9-,95,96,97,98,99,100,102,103,107,108,109,110,111,112,113,114,115,116,118,119)/p+1/t66-,67-,72+,73-,74-,75-,77+,78+,79+,83-,84-,105?/m0/s1. The molecule has 12 N–H and O–H groups in total. The predicted octanol–water partition coefficient (Wildman–Crippen LogP) is 5.08. The van der Waals surface area contributed by atoms with Crippen molar-refractivity contribution in [1.29, 1.82) is 0 Å². The van der Waals surface area contributed by atoms with E-state index in [9.17, 15) is 63.0 Å². The molecule has 2 aromatic carbocycles. The normalized spacial score (nSPS) is 16.1. The number of aliphatic carboxylic acids is 2. The Hall–Kier alpha value is -8.85. The molecule has 1 aromatic heterocycles. The second kappa shape index (κ2) is 68.2. The predicted molar refractivity (Wildman–Crippen MR) is 495 cm³/mol. The highest BCUT2D eigenvalue weighted by molar-refractivity contribution is 7.09. The fourth-order valence-electron chi connectivity index (χ4n) is 14.5. The Labute approximate surface area is 787 Å². The summed E-state index contributed by atoms with van der Waals surface area (Å²) in [7, 11) is 5.28. The van der Waals surface area contributed by atoms with Gasteiger partial charge in [0.05, 0.1) is 171 Å². The molecule has 133 heavy (non-hydrogen) atoms. The maximum atomic E-state index is 15.0. The molecule has 0 aliphatic carbocycles. The molecule has 3 aromatic rings. The molecule has 0 saturated carbocycles. The van der Waals surface area contributed by atoms with E-state index < -0.39 is 126 Å². The van der Waals surface area contributed by atoms with Crippen LogP contribution in [0.2, 0.25) is 0 Å². The molecule has 40 heteroatoms. The van der Waals surface area contributed by atoms with Gasteiger partial charge in [0.15, 0.2) is 12.1 Å². The van der Waals surface area contributed by atoms with Gasteiger partial charge >= 0.3 is 17.9 Å². The number of nitrogens with one attached hydrogen (secondary N) is 8. The number of nitrogens with zero attached hydrogens (tertiary/aromatic N) is 3. The first-order valence-corrected chi connectivity index (χ1v) is 47.5. The molecule has 2 heterocycles. The van der Waals surface area contributed by atoms with Gasteiger partial charge in [-0.2, -0.15) is 0 Å². The Morgan fingerprint density at radius 1 is 0.556 bits per heavy atom. The molecule has 1 saturated heterocycles. The van der Waals surface area contributed by atoms with E-state index in [2.05, 4.69) is 47.5 Å². The van der Waals surface area contributed by atoms with Gasteiger partial charge in [-0.1, -0.05) is 104 Å². The Balaban J connectivity index is 1.24. The fraction of sp³-hybridized carbons (Fsp3) is 0.710. The van der Waals surface area contributed by atoms with E-state index in [0.717, 1.165) is 35.3 Å². The highest BCUT2D eigenvalue weighted by Crippen LogP contribution is 2.33. The van der Waals surface area contributed by atoms with Crippen molar-refractivity contribution in [2.45, 2.75) is 213 Å². The van der Waals surface area contributed by atoms with Crippen LogP contribution >= 0.6 is 11.3 Å². The van der Waals surface area contributed by atoms with Crippen LogP contribution in [0.4, 0.5) is 5.69 Å². The second-order valence-corrected chi connectivity index (χ2v) is 34.6. The number of anilines is 1. The number of rotatable bonds is 76. The molecule has 1 aliphatic heterocycles. The molecule has 39 nitrogen and oxygen atoms in total. The largest absolute Gasteiger partial charge is 0.481 e. The third kappa shape index (κ3) is 48.4. The number of carbonyl (C=O) groups excluding carboxylic acids is 10. The van der Waals surface area contributed by atoms with Crippen LogP contribution in [0.5, 0.6) is 0 Å². The number of likely N-dealkylation sites (N-methyl/N-ethyl adjacent to an activating group) is 2. The number of likely N-dealkylation sites (tertiary alicyclic amines) is 1. The van der Waals surface area contributed by atoms with E-state index in [1.54, 1.807) is 76.4 Å². The molecule has 0 radical (unpaired) electrons. The lowest BCUT2D eigenvalue weighted by Crippen LogP contribution is -2.63. The lowest BCUT2D eigenvalue weighted by Gasteiger charge is -2.44. The number of carbonyl (C=O) groups is 12. The van der Waals surface area contributed by atoms with Gasteiger partial charge < -0.3 is 129 Å². The summed E-state index contributed by atoms with van der Waals surface area (Å²) in [4.78, 5) is 168. The van der Waals surface area contributed by atoms with Crippen molar-refractivity contribution in [2.24, 2.45) is 29.4 Å². The van der Waals surface area contributed by atoms with Gasteiger partial charge in [-0.15, -0.1) is 11.3 Å². The Bertz CT molecular complexity index is 3860. The minimum atomic E-state index is -1.42. The molecular weight excluding hydrogens is 1750 g/mol. The number of ether oxygens (including phenoxy) is 13. The number of piperidine rings is 1. The fourth-order valence-corrected chi connectivity index (χ4v) is 15.3. The first-order valence-electron chi connectivity index (χ1n) is 46.6. The third-order valence-electron chi connectivity index (χ3n) is 22.4. The third-order valence-corrected chi connectivity index (χ3v) is 23.3. The van der Waals surface area contributed by atoms with E-state index in [1.807, 2.05) is 65.1 Å². The van der Waals surface area contributed by atoms with Crippen LogP contribution in [0, 0.1) is 23.7 Å². The molecule has 12 atom stereocenters. The van der Waals surface area contributed by atoms with Gasteiger partial charge in [-0.3, -0.25) is 57.5 Å². The second-order valence-electron chi connectivity index (χ2n) is 33.8. The number of aromatic nitrogens is 1. The number of benzene rings is 2. The summed E-state index contributed by atoms with van der Waals surface area (Å²) >= 11 is 1.12. The quantitative estimate of drug-likeness (QED) is 0.0199. The number of thiazole rings is 1. The number of nitrogens with two attached hydrogens (primary N) is 1. The van der Waals surface area contributed by atoms with Crippen LogP contribution in [0.25, 0.3) is 0 Å². The Kier molecular flexibility index (Phi) is 59.7. The first kappa shape index (κ1) is 116. The lowest BCUT2D eigenvalue weighted by atomic mass is 9.92. The molecule has 0 bridgehead atoms. The van der Waals surface area contributed by atoms with Crippen LogP contribution in [-0.2, 0) is 127 Å². The summed E-state index contributed by atoms with van der Waals surface area (Å²) in [5.41, 5.74) is 7.97. The van der Waals surface area contributed by atoms with Gasteiger partial charge in [-0.25, -0.2) is 4.98 Å².